The molecule has 3 rings (SSSR count). The molecule has 0 fully saturated rings. The Morgan fingerprint density at radius 1 is 1.24 bits per heavy atom. The molecule has 1 heterocycles. The van der Waals surface area contributed by atoms with Crippen LogP contribution in [0.3, 0.4) is 0 Å². The summed E-state index contributed by atoms with van der Waals surface area (Å²) in [5.74, 6) is -0.182. The number of para-hydroxylation sites is 2. The summed E-state index contributed by atoms with van der Waals surface area (Å²) in [7, 11) is 1.75. The lowest BCUT2D eigenvalue weighted by Crippen LogP contribution is -2.55. The number of carbonyl (C=O) groups is 1. The van der Waals surface area contributed by atoms with Gasteiger partial charge in [0.2, 0.25) is 5.91 Å². The Hall–Kier alpha value is -2.74. The van der Waals surface area contributed by atoms with Crippen molar-refractivity contribution in [2.45, 2.75) is 38.1 Å². The second kappa shape index (κ2) is 9.17. The van der Waals surface area contributed by atoms with Crippen molar-refractivity contribution in [3.05, 3.63) is 59.7 Å². The van der Waals surface area contributed by atoms with Gasteiger partial charge in [-0.15, -0.1) is 0 Å². The minimum absolute atomic E-state index is 0.0148. The fraction of sp³-hybridized carbons (Fsp3) is 0.364. The van der Waals surface area contributed by atoms with E-state index in [0.29, 0.717) is 18.4 Å². The van der Waals surface area contributed by atoms with Crippen molar-refractivity contribution in [1.29, 1.82) is 5.41 Å². The molecule has 1 aliphatic heterocycles. The predicted molar refractivity (Wildman–Crippen MR) is 114 cm³/mol. The lowest BCUT2D eigenvalue weighted by Gasteiger charge is -2.29. The highest BCUT2D eigenvalue weighted by Crippen LogP contribution is 2.28. The van der Waals surface area contributed by atoms with Crippen LogP contribution in [0.4, 0.5) is 5.69 Å². The highest BCUT2D eigenvalue weighted by Gasteiger charge is 2.32. The number of amides is 1. The molecule has 2 aromatic carbocycles. The molecule has 1 unspecified atom stereocenters. The quantitative estimate of drug-likeness (QED) is 0.361. The molecule has 0 radical (unpaired) electrons. The lowest BCUT2D eigenvalue weighted by atomic mass is 10.1. The molecule has 0 aromatic heterocycles. The van der Waals surface area contributed by atoms with E-state index in [1.165, 1.54) is 6.07 Å². The second-order valence-electron chi connectivity index (χ2n) is 7.33. The highest BCUT2D eigenvalue weighted by molar-refractivity contribution is 6.09. The van der Waals surface area contributed by atoms with Crippen LogP contribution in [-0.2, 0) is 11.2 Å². The van der Waals surface area contributed by atoms with E-state index in [1.807, 2.05) is 31.2 Å². The summed E-state index contributed by atoms with van der Waals surface area (Å²) in [5, 5.41) is 34.9. The molecular formula is C22H28N4O3. The van der Waals surface area contributed by atoms with E-state index in [2.05, 4.69) is 10.6 Å². The molecule has 1 amide bonds. The highest BCUT2D eigenvalue weighted by atomic mass is 16.3. The number of aryl methyl sites for hydroxylation is 1. The summed E-state index contributed by atoms with van der Waals surface area (Å²) in [4.78, 5) is 15.0. The molecule has 29 heavy (non-hydrogen) atoms. The first-order valence-corrected chi connectivity index (χ1v) is 9.78. The van der Waals surface area contributed by atoms with E-state index >= 15 is 0 Å². The van der Waals surface area contributed by atoms with Crippen LogP contribution in [0.5, 0.6) is 5.75 Å². The van der Waals surface area contributed by atoms with Crippen LogP contribution in [0.15, 0.2) is 48.5 Å². The first-order chi connectivity index (χ1) is 13.9. The minimum Gasteiger partial charge on any atom is -0.507 e. The monoisotopic (exact) mass is 396 g/mol. The SMILES string of the molecule is CN[C@@H](C)C(O)N[C@H]1CCc2ccccc2N(CC(=N)c2ccccc2O)C1=O. The number of anilines is 1. The molecule has 7 heteroatoms. The standard InChI is InChI=1S/C22H28N4O3/c1-14(24-2)21(28)25-18-12-11-15-7-3-5-9-19(15)26(22(18)29)13-17(23)16-8-4-6-10-20(16)27/h3-10,14,18,21,23-25,27-28H,11-13H2,1-2H3/t14-,18-,21?/m0/s1. The molecule has 0 aliphatic carbocycles. The number of carbonyl (C=O) groups excluding carboxylic acids is 1. The van der Waals surface area contributed by atoms with Gasteiger partial charge < -0.3 is 25.8 Å². The van der Waals surface area contributed by atoms with E-state index in [4.69, 9.17) is 5.41 Å². The number of aliphatic hydroxyl groups excluding tert-OH is 1. The summed E-state index contributed by atoms with van der Waals surface area (Å²) in [6, 6.07) is 13.5. The van der Waals surface area contributed by atoms with Gasteiger partial charge in [0.25, 0.3) is 0 Å². The number of rotatable bonds is 7. The van der Waals surface area contributed by atoms with Crippen molar-refractivity contribution in [3.8, 4) is 5.75 Å². The molecular weight excluding hydrogens is 368 g/mol. The summed E-state index contributed by atoms with van der Waals surface area (Å²) < 4.78 is 0. The number of hydrogen-bond acceptors (Lipinski definition) is 6. The van der Waals surface area contributed by atoms with Gasteiger partial charge in [-0.3, -0.25) is 10.1 Å². The van der Waals surface area contributed by atoms with Gasteiger partial charge in [0.15, 0.2) is 0 Å². The third-order valence-electron chi connectivity index (χ3n) is 5.40. The molecule has 154 valence electrons. The van der Waals surface area contributed by atoms with Gasteiger partial charge >= 0.3 is 0 Å². The van der Waals surface area contributed by atoms with Gasteiger partial charge in [0, 0.05) is 17.3 Å². The lowest BCUT2D eigenvalue weighted by molar-refractivity contribution is -0.121. The van der Waals surface area contributed by atoms with E-state index in [-0.39, 0.29) is 30.0 Å². The van der Waals surface area contributed by atoms with E-state index in [1.54, 1.807) is 30.1 Å². The molecule has 2 aromatic rings. The van der Waals surface area contributed by atoms with Gasteiger partial charge in [0.1, 0.15) is 12.0 Å². The molecule has 5 N–H and O–H groups in total. The van der Waals surface area contributed by atoms with Crippen molar-refractivity contribution >= 4 is 17.3 Å². The van der Waals surface area contributed by atoms with Gasteiger partial charge in [-0.2, -0.15) is 0 Å². The number of likely N-dealkylation sites (N-methyl/N-ethyl adjacent to an activating group) is 1. The average molecular weight is 396 g/mol. The maximum atomic E-state index is 13.4. The third kappa shape index (κ3) is 4.64. The van der Waals surface area contributed by atoms with Gasteiger partial charge in [0.05, 0.1) is 18.3 Å². The van der Waals surface area contributed by atoms with Gasteiger partial charge in [-0.25, -0.2) is 0 Å². The summed E-state index contributed by atoms with van der Waals surface area (Å²) in [6.45, 7) is 1.86. The van der Waals surface area contributed by atoms with Crippen molar-refractivity contribution in [2.75, 3.05) is 18.5 Å². The van der Waals surface area contributed by atoms with E-state index in [0.717, 1.165) is 11.3 Å². The van der Waals surface area contributed by atoms with Crippen LogP contribution in [0.25, 0.3) is 0 Å². The number of fused-ring (bicyclic) bond motifs is 1. The summed E-state index contributed by atoms with van der Waals surface area (Å²) in [6.07, 6.45) is 0.347. The molecule has 0 saturated carbocycles. The molecule has 0 bridgehead atoms. The van der Waals surface area contributed by atoms with Crippen molar-refractivity contribution in [3.63, 3.8) is 0 Å². The fourth-order valence-electron chi connectivity index (χ4n) is 3.51. The normalized spacial score (nSPS) is 18.7. The number of nitrogens with zero attached hydrogens (tertiary/aromatic N) is 1. The summed E-state index contributed by atoms with van der Waals surface area (Å²) >= 11 is 0. The fourth-order valence-corrected chi connectivity index (χ4v) is 3.51. The summed E-state index contributed by atoms with van der Waals surface area (Å²) in [5.41, 5.74) is 2.33. The minimum atomic E-state index is -0.880. The predicted octanol–water partition coefficient (Wildman–Crippen LogP) is 1.62. The van der Waals surface area contributed by atoms with Crippen LogP contribution >= 0.6 is 0 Å². The maximum Gasteiger partial charge on any atom is 0.244 e. The topological polar surface area (TPSA) is 109 Å². The Kier molecular flexibility index (Phi) is 6.64. The van der Waals surface area contributed by atoms with Crippen LogP contribution in [0.2, 0.25) is 0 Å². The number of hydrogen-bond donors (Lipinski definition) is 5. The smallest absolute Gasteiger partial charge is 0.244 e. The average Bonchev–Trinajstić information content (AvgIpc) is 2.85. The Bertz CT molecular complexity index is 886. The zero-order valence-electron chi connectivity index (χ0n) is 16.7. The van der Waals surface area contributed by atoms with Crippen LogP contribution in [0, 0.1) is 5.41 Å². The Labute approximate surface area is 170 Å². The molecule has 7 nitrogen and oxygen atoms in total. The van der Waals surface area contributed by atoms with E-state index < -0.39 is 12.3 Å². The zero-order chi connectivity index (χ0) is 21.0. The zero-order valence-corrected chi connectivity index (χ0v) is 16.7. The Morgan fingerprint density at radius 2 is 1.93 bits per heavy atom. The van der Waals surface area contributed by atoms with Crippen molar-refractivity contribution in [2.24, 2.45) is 0 Å². The maximum absolute atomic E-state index is 13.4. The number of phenolic OH excluding ortho intramolecular Hbond substituents is 1. The van der Waals surface area contributed by atoms with Crippen LogP contribution in [0.1, 0.15) is 24.5 Å². The van der Waals surface area contributed by atoms with Crippen molar-refractivity contribution < 1.29 is 15.0 Å². The van der Waals surface area contributed by atoms with Gasteiger partial charge in [-0.05, 0) is 50.6 Å². The molecule has 0 saturated heterocycles. The van der Waals surface area contributed by atoms with Gasteiger partial charge in [-0.1, -0.05) is 30.3 Å². The number of nitrogens with one attached hydrogen (secondary N) is 3. The third-order valence-corrected chi connectivity index (χ3v) is 5.40. The second-order valence-corrected chi connectivity index (χ2v) is 7.33. The van der Waals surface area contributed by atoms with Crippen LogP contribution in [-0.4, -0.2) is 53.7 Å². The molecule has 3 atom stereocenters. The largest absolute Gasteiger partial charge is 0.507 e. The number of benzene rings is 2. The number of phenols is 1. The van der Waals surface area contributed by atoms with E-state index in [9.17, 15) is 15.0 Å². The molecule has 1 aliphatic rings. The first-order valence-electron chi connectivity index (χ1n) is 9.78. The first kappa shape index (κ1) is 21.0. The number of aliphatic hydroxyl groups is 1. The number of aromatic hydroxyl groups is 1. The van der Waals surface area contributed by atoms with Crippen molar-refractivity contribution in [1.82, 2.24) is 10.6 Å². The Morgan fingerprint density at radius 3 is 2.66 bits per heavy atom. The Balaban J connectivity index is 1.89. The molecule has 0 spiro atoms. The van der Waals surface area contributed by atoms with Crippen LogP contribution < -0.4 is 15.5 Å².